The van der Waals surface area contributed by atoms with Crippen molar-refractivity contribution in [2.45, 2.75) is 56.7 Å². The summed E-state index contributed by atoms with van der Waals surface area (Å²) in [6, 6.07) is 7.63. The van der Waals surface area contributed by atoms with E-state index in [1.165, 1.54) is 6.33 Å². The van der Waals surface area contributed by atoms with Crippen LogP contribution in [-0.2, 0) is 6.18 Å². The second kappa shape index (κ2) is 10.3. The van der Waals surface area contributed by atoms with Crippen molar-refractivity contribution in [1.29, 1.82) is 0 Å². The molecule has 1 aliphatic heterocycles. The zero-order valence-corrected chi connectivity index (χ0v) is 22.6. The van der Waals surface area contributed by atoms with E-state index in [1.807, 2.05) is 24.3 Å². The van der Waals surface area contributed by atoms with E-state index in [0.717, 1.165) is 73.1 Å². The van der Waals surface area contributed by atoms with Gasteiger partial charge in [-0.05, 0) is 56.4 Å². The van der Waals surface area contributed by atoms with Crippen LogP contribution in [0.1, 0.15) is 67.4 Å². The maximum Gasteiger partial charge on any atom is 0.434 e. The lowest BCUT2D eigenvalue weighted by atomic mass is 9.92. The molecule has 3 aliphatic rings. The molecule has 40 heavy (non-hydrogen) atoms. The highest BCUT2D eigenvalue weighted by Crippen LogP contribution is 2.44. The van der Waals surface area contributed by atoms with E-state index in [-0.39, 0.29) is 6.04 Å². The number of hydrogen-bond donors (Lipinski definition) is 1. The van der Waals surface area contributed by atoms with E-state index in [2.05, 4.69) is 24.8 Å². The molecule has 0 spiro atoms. The third kappa shape index (κ3) is 4.82. The van der Waals surface area contributed by atoms with E-state index in [0.29, 0.717) is 41.8 Å². The van der Waals surface area contributed by atoms with Gasteiger partial charge in [-0.25, -0.2) is 15.0 Å². The molecule has 0 radical (unpaired) electrons. The molecule has 3 heterocycles. The van der Waals surface area contributed by atoms with Crippen molar-refractivity contribution in [3.05, 3.63) is 59.3 Å². The molecule has 2 N–H and O–H groups in total. The van der Waals surface area contributed by atoms with E-state index < -0.39 is 11.9 Å². The van der Waals surface area contributed by atoms with Crippen LogP contribution >= 0.6 is 0 Å². The topological polar surface area (TPSA) is 94.5 Å². The third-order valence-electron chi connectivity index (χ3n) is 8.16. The first-order valence-electron chi connectivity index (χ1n) is 13.6. The van der Waals surface area contributed by atoms with Crippen molar-refractivity contribution < 1.29 is 17.9 Å². The molecule has 6 rings (SSSR count). The molecule has 2 aromatic heterocycles. The molecule has 3 aromatic rings. The van der Waals surface area contributed by atoms with Crippen molar-refractivity contribution >= 4 is 17.1 Å². The SMILES string of the molecule is CN=C1CCN(c2ccc(-c3nc(C(F)(F)F)cn3C3CCC3)cc2)C/C1=C(/N)c1c(OC)ncnc1C1CC1. The summed E-state index contributed by atoms with van der Waals surface area (Å²) in [5, 5.41) is 0. The molecule has 0 unspecified atom stereocenters. The summed E-state index contributed by atoms with van der Waals surface area (Å²) in [5.74, 6) is 1.17. The van der Waals surface area contributed by atoms with Gasteiger partial charge in [-0.1, -0.05) is 0 Å². The highest BCUT2D eigenvalue weighted by Gasteiger charge is 2.37. The minimum Gasteiger partial charge on any atom is -0.480 e. The third-order valence-corrected chi connectivity index (χ3v) is 8.16. The van der Waals surface area contributed by atoms with E-state index in [4.69, 9.17) is 10.5 Å². The average molecular weight is 552 g/mol. The number of nitrogens with zero attached hydrogens (tertiary/aromatic N) is 6. The summed E-state index contributed by atoms with van der Waals surface area (Å²) >= 11 is 0. The zero-order chi connectivity index (χ0) is 28.0. The highest BCUT2D eigenvalue weighted by atomic mass is 19.4. The molecule has 0 amide bonds. The summed E-state index contributed by atoms with van der Waals surface area (Å²) in [7, 11) is 3.35. The van der Waals surface area contributed by atoms with E-state index >= 15 is 0 Å². The number of alkyl halides is 3. The maximum atomic E-state index is 13.5. The van der Waals surface area contributed by atoms with Gasteiger partial charge in [-0.3, -0.25) is 4.99 Å². The molecule has 11 heteroatoms. The van der Waals surface area contributed by atoms with Crippen LogP contribution in [-0.4, -0.2) is 52.5 Å². The Morgan fingerprint density at radius 1 is 1.10 bits per heavy atom. The zero-order valence-electron chi connectivity index (χ0n) is 22.6. The number of ether oxygens (including phenoxy) is 1. The molecule has 8 nitrogen and oxygen atoms in total. The van der Waals surface area contributed by atoms with Gasteiger partial charge in [-0.2, -0.15) is 13.2 Å². The number of benzene rings is 1. The van der Waals surface area contributed by atoms with E-state index in [1.54, 1.807) is 18.7 Å². The summed E-state index contributed by atoms with van der Waals surface area (Å²) in [6.07, 6.45) is 3.76. The van der Waals surface area contributed by atoms with Crippen LogP contribution in [0.4, 0.5) is 18.9 Å². The van der Waals surface area contributed by atoms with Crippen molar-refractivity contribution in [2.75, 3.05) is 32.1 Å². The number of aliphatic imine (C=N–C) groups is 1. The quantitative estimate of drug-likeness (QED) is 0.427. The standard InChI is InChI=1S/C29H32F3N7O/c1-34-22-12-13-38(14-21(22)25(33)24-26(17-6-7-17)35-16-36-28(24)40-2)19-10-8-18(9-11-19)27-37-23(29(30,31)32)15-39(27)20-4-3-5-20/h8-11,15-17,20H,3-7,12-14,33H2,1-2H3/b25-21-,34-22?. The van der Waals surface area contributed by atoms with Crippen molar-refractivity contribution in [3.63, 3.8) is 0 Å². The number of aromatic nitrogens is 4. The number of anilines is 1. The molecule has 1 saturated heterocycles. The van der Waals surface area contributed by atoms with Gasteiger partial charge in [0, 0.05) is 67.3 Å². The van der Waals surface area contributed by atoms with Crippen LogP contribution in [0.2, 0.25) is 0 Å². The van der Waals surface area contributed by atoms with Gasteiger partial charge in [0.25, 0.3) is 0 Å². The van der Waals surface area contributed by atoms with Gasteiger partial charge >= 0.3 is 6.18 Å². The fourth-order valence-corrected chi connectivity index (χ4v) is 5.58. The number of imidazole rings is 1. The first-order valence-corrected chi connectivity index (χ1v) is 13.6. The van der Waals surface area contributed by atoms with Gasteiger partial charge in [0.05, 0.1) is 24.1 Å². The number of hydrogen-bond acceptors (Lipinski definition) is 7. The number of piperidine rings is 1. The Morgan fingerprint density at radius 3 is 2.45 bits per heavy atom. The van der Waals surface area contributed by atoms with Crippen molar-refractivity contribution in [3.8, 4) is 17.3 Å². The molecule has 2 aliphatic carbocycles. The van der Waals surface area contributed by atoms with Crippen LogP contribution in [0, 0.1) is 0 Å². The lowest BCUT2D eigenvalue weighted by molar-refractivity contribution is -0.140. The summed E-state index contributed by atoms with van der Waals surface area (Å²) in [6.45, 7) is 1.25. The molecule has 3 fully saturated rings. The second-order valence-electron chi connectivity index (χ2n) is 10.6. The first-order chi connectivity index (χ1) is 19.3. The Kier molecular flexibility index (Phi) is 6.75. The Balaban J connectivity index is 1.32. The molecule has 0 atom stereocenters. The van der Waals surface area contributed by atoms with Crippen LogP contribution < -0.4 is 15.4 Å². The first kappa shape index (κ1) is 26.3. The van der Waals surface area contributed by atoms with Gasteiger partial charge in [0.15, 0.2) is 5.69 Å². The second-order valence-corrected chi connectivity index (χ2v) is 10.6. The monoisotopic (exact) mass is 551 g/mol. The Hall–Kier alpha value is -3.89. The highest BCUT2D eigenvalue weighted by molar-refractivity contribution is 6.08. The molecule has 210 valence electrons. The fraction of sp³-hybridized carbons (Fsp3) is 0.448. The summed E-state index contributed by atoms with van der Waals surface area (Å²) in [5.41, 5.74) is 11.6. The van der Waals surface area contributed by atoms with Crippen LogP contribution in [0.3, 0.4) is 0 Å². The summed E-state index contributed by atoms with van der Waals surface area (Å²) < 4.78 is 47.7. The number of methoxy groups -OCH3 is 1. The van der Waals surface area contributed by atoms with Crippen molar-refractivity contribution in [2.24, 2.45) is 10.7 Å². The van der Waals surface area contributed by atoms with Crippen LogP contribution in [0.15, 0.2) is 47.4 Å². The van der Waals surface area contributed by atoms with Crippen LogP contribution in [0.25, 0.3) is 17.1 Å². The number of rotatable bonds is 6. The number of nitrogens with two attached hydrogens (primary N) is 1. The van der Waals surface area contributed by atoms with Gasteiger partial charge in [0.1, 0.15) is 12.2 Å². The van der Waals surface area contributed by atoms with Gasteiger partial charge < -0.3 is 19.9 Å². The molecule has 2 saturated carbocycles. The smallest absolute Gasteiger partial charge is 0.434 e. The average Bonchev–Trinajstić information content (AvgIpc) is 3.69. The summed E-state index contributed by atoms with van der Waals surface area (Å²) in [4.78, 5) is 19.6. The predicted molar refractivity (Wildman–Crippen MR) is 147 cm³/mol. The normalized spacial score (nSPS) is 20.5. The maximum absolute atomic E-state index is 13.5. The Morgan fingerprint density at radius 2 is 1.85 bits per heavy atom. The Bertz CT molecular complexity index is 1470. The molecule has 0 bridgehead atoms. The lowest BCUT2D eigenvalue weighted by Gasteiger charge is -2.33. The molecular formula is C29H32F3N7O. The van der Waals surface area contributed by atoms with Crippen LogP contribution in [0.5, 0.6) is 5.88 Å². The molecular weight excluding hydrogens is 519 g/mol. The van der Waals surface area contributed by atoms with E-state index in [9.17, 15) is 13.2 Å². The van der Waals surface area contributed by atoms with Gasteiger partial charge in [-0.15, -0.1) is 0 Å². The minimum atomic E-state index is -4.48. The fourth-order valence-electron chi connectivity index (χ4n) is 5.58. The predicted octanol–water partition coefficient (Wildman–Crippen LogP) is 5.62. The number of halogens is 3. The lowest BCUT2D eigenvalue weighted by Crippen LogP contribution is -2.37. The minimum absolute atomic E-state index is 0.0577. The van der Waals surface area contributed by atoms with Gasteiger partial charge in [0.2, 0.25) is 5.88 Å². The largest absolute Gasteiger partial charge is 0.480 e. The molecule has 1 aromatic carbocycles. The Labute approximate surface area is 230 Å². The van der Waals surface area contributed by atoms with Crippen molar-refractivity contribution in [1.82, 2.24) is 19.5 Å².